The number of nitrogens with one attached hydrogen (secondary N) is 1. The summed E-state index contributed by atoms with van der Waals surface area (Å²) in [5.74, 6) is -0.0379. The van der Waals surface area contributed by atoms with Crippen molar-refractivity contribution in [1.29, 1.82) is 0 Å². The minimum atomic E-state index is -0.439. The average Bonchev–Trinajstić information content (AvgIpc) is 3.14. The van der Waals surface area contributed by atoms with Gasteiger partial charge in [-0.3, -0.25) is 9.59 Å². The molecule has 0 atom stereocenters. The van der Waals surface area contributed by atoms with Crippen molar-refractivity contribution in [2.45, 2.75) is 13.8 Å². The van der Waals surface area contributed by atoms with Crippen LogP contribution in [-0.4, -0.2) is 33.8 Å². The second-order valence-corrected chi connectivity index (χ2v) is 7.25. The van der Waals surface area contributed by atoms with Crippen molar-refractivity contribution < 1.29 is 19.1 Å². The lowest BCUT2D eigenvalue weighted by Crippen LogP contribution is -2.08. The molecule has 0 aliphatic heterocycles. The van der Waals surface area contributed by atoms with E-state index in [1.165, 1.54) is 20.1 Å². The van der Waals surface area contributed by atoms with Crippen LogP contribution in [0.4, 0.5) is 5.69 Å². The van der Waals surface area contributed by atoms with Crippen LogP contribution >= 0.6 is 0 Å². The van der Waals surface area contributed by atoms with Gasteiger partial charge in [-0.2, -0.15) is 5.10 Å². The molecule has 1 amide bonds. The van der Waals surface area contributed by atoms with E-state index in [2.05, 4.69) is 15.4 Å². The largest absolute Gasteiger partial charge is 0.493 e. The lowest BCUT2D eigenvalue weighted by molar-refractivity contribution is -0.132. The summed E-state index contributed by atoms with van der Waals surface area (Å²) in [7, 11) is 1.48. The maximum absolute atomic E-state index is 12.5. The number of hydrogen-bond donors (Lipinski definition) is 1. The summed E-state index contributed by atoms with van der Waals surface area (Å²) in [5, 5.41) is 8.26. The van der Waals surface area contributed by atoms with E-state index in [0.717, 1.165) is 16.8 Å². The fraction of sp³-hybridized carbons (Fsp3) is 0.120. The van der Waals surface area contributed by atoms with Crippen molar-refractivity contribution in [1.82, 2.24) is 14.8 Å². The highest BCUT2D eigenvalue weighted by Crippen LogP contribution is 2.29. The van der Waals surface area contributed by atoms with Crippen LogP contribution in [0.1, 0.15) is 18.2 Å². The number of hydrogen-bond acceptors (Lipinski definition) is 6. The summed E-state index contributed by atoms with van der Waals surface area (Å²) >= 11 is 0. The number of carbonyl (C=O) groups excluding carboxylic acids is 2. The number of esters is 1. The monoisotopic (exact) mass is 442 g/mol. The highest BCUT2D eigenvalue weighted by atomic mass is 16.6. The normalized spacial score (nSPS) is 11.0. The summed E-state index contributed by atoms with van der Waals surface area (Å²) < 4.78 is 12.1. The second-order valence-electron chi connectivity index (χ2n) is 7.25. The molecule has 4 rings (SSSR count). The van der Waals surface area contributed by atoms with Crippen LogP contribution in [0.25, 0.3) is 22.8 Å². The number of aromatic nitrogens is 3. The molecule has 33 heavy (non-hydrogen) atoms. The van der Waals surface area contributed by atoms with Crippen molar-refractivity contribution >= 4 is 34.7 Å². The van der Waals surface area contributed by atoms with Crippen LogP contribution < -0.4 is 14.8 Å². The maximum atomic E-state index is 12.5. The Labute approximate surface area is 190 Å². The third-order valence-corrected chi connectivity index (χ3v) is 4.84. The van der Waals surface area contributed by atoms with E-state index in [9.17, 15) is 9.59 Å². The van der Waals surface area contributed by atoms with Gasteiger partial charge in [-0.05, 0) is 48.9 Å². The number of para-hydroxylation sites is 1. The molecule has 8 heteroatoms. The van der Waals surface area contributed by atoms with E-state index in [1.54, 1.807) is 35.2 Å². The molecule has 0 unspecified atom stereocenters. The van der Waals surface area contributed by atoms with Gasteiger partial charge in [0, 0.05) is 18.4 Å². The van der Waals surface area contributed by atoms with Gasteiger partial charge in [0.2, 0.25) is 5.91 Å². The number of rotatable bonds is 6. The predicted octanol–water partition coefficient (Wildman–Crippen LogP) is 4.31. The van der Waals surface area contributed by atoms with Crippen molar-refractivity contribution in [3.63, 3.8) is 0 Å². The molecular formula is C25H22N4O4. The molecular weight excluding hydrogens is 420 g/mol. The van der Waals surface area contributed by atoms with Gasteiger partial charge in [0.05, 0.1) is 30.4 Å². The molecule has 0 saturated carbocycles. The number of ether oxygens (including phenoxy) is 2. The molecule has 4 aromatic rings. The SMILES string of the molecule is COc1cc(/C=C/C(=O)Nc2cnc3c(c2)c(C)nn3-c2ccccc2)ccc1OC(C)=O. The van der Waals surface area contributed by atoms with E-state index in [4.69, 9.17) is 9.47 Å². The van der Waals surface area contributed by atoms with Gasteiger partial charge < -0.3 is 14.8 Å². The molecule has 1 N–H and O–H groups in total. The zero-order valence-electron chi connectivity index (χ0n) is 18.4. The number of benzene rings is 2. The Morgan fingerprint density at radius 1 is 1.06 bits per heavy atom. The van der Waals surface area contributed by atoms with Crippen LogP contribution in [0, 0.1) is 6.92 Å². The van der Waals surface area contributed by atoms with E-state index in [-0.39, 0.29) is 5.91 Å². The molecule has 8 nitrogen and oxygen atoms in total. The molecule has 2 heterocycles. The first-order valence-corrected chi connectivity index (χ1v) is 10.2. The number of pyridine rings is 1. The molecule has 0 aliphatic carbocycles. The Morgan fingerprint density at radius 3 is 2.58 bits per heavy atom. The summed E-state index contributed by atoms with van der Waals surface area (Å²) in [6, 6.07) is 16.6. The van der Waals surface area contributed by atoms with Crippen LogP contribution in [0.2, 0.25) is 0 Å². The highest BCUT2D eigenvalue weighted by molar-refractivity contribution is 6.02. The molecule has 0 fully saturated rings. The number of anilines is 1. The number of aryl methyl sites for hydroxylation is 1. The number of methoxy groups -OCH3 is 1. The van der Waals surface area contributed by atoms with Crippen LogP contribution in [-0.2, 0) is 9.59 Å². The lowest BCUT2D eigenvalue weighted by Gasteiger charge is -2.08. The maximum Gasteiger partial charge on any atom is 0.308 e. The molecule has 0 bridgehead atoms. The zero-order chi connectivity index (χ0) is 23.4. The van der Waals surface area contributed by atoms with Gasteiger partial charge in [-0.1, -0.05) is 24.3 Å². The number of nitrogens with zero attached hydrogens (tertiary/aromatic N) is 3. The molecule has 0 radical (unpaired) electrons. The first-order chi connectivity index (χ1) is 15.9. The van der Waals surface area contributed by atoms with E-state index in [1.807, 2.05) is 43.3 Å². The Hall–Kier alpha value is -4.46. The van der Waals surface area contributed by atoms with Crippen LogP contribution in [0.3, 0.4) is 0 Å². The highest BCUT2D eigenvalue weighted by Gasteiger charge is 2.12. The smallest absolute Gasteiger partial charge is 0.308 e. The van der Waals surface area contributed by atoms with Crippen molar-refractivity contribution in [2.75, 3.05) is 12.4 Å². The van der Waals surface area contributed by atoms with Gasteiger partial charge in [0.25, 0.3) is 0 Å². The average molecular weight is 442 g/mol. The van der Waals surface area contributed by atoms with E-state index in [0.29, 0.717) is 28.4 Å². The van der Waals surface area contributed by atoms with Gasteiger partial charge in [0.1, 0.15) is 0 Å². The summed E-state index contributed by atoms with van der Waals surface area (Å²) in [4.78, 5) is 28.1. The van der Waals surface area contributed by atoms with Crippen molar-refractivity contribution in [3.05, 3.63) is 78.1 Å². The molecule has 2 aromatic heterocycles. The molecule has 0 aliphatic rings. The third kappa shape index (κ3) is 4.90. The van der Waals surface area contributed by atoms with Gasteiger partial charge in [0.15, 0.2) is 17.1 Å². The van der Waals surface area contributed by atoms with E-state index >= 15 is 0 Å². The number of fused-ring (bicyclic) bond motifs is 1. The summed E-state index contributed by atoms with van der Waals surface area (Å²) in [6.45, 7) is 3.22. The number of amides is 1. The molecule has 2 aromatic carbocycles. The molecule has 0 saturated heterocycles. The molecule has 0 spiro atoms. The van der Waals surface area contributed by atoms with Gasteiger partial charge >= 0.3 is 5.97 Å². The quantitative estimate of drug-likeness (QED) is 0.272. The Morgan fingerprint density at radius 2 is 1.85 bits per heavy atom. The summed E-state index contributed by atoms with van der Waals surface area (Å²) in [5.41, 5.74) is 3.72. The van der Waals surface area contributed by atoms with E-state index < -0.39 is 5.97 Å². The summed E-state index contributed by atoms with van der Waals surface area (Å²) in [6.07, 6.45) is 4.65. The topological polar surface area (TPSA) is 95.3 Å². The first kappa shape index (κ1) is 21.8. The fourth-order valence-corrected chi connectivity index (χ4v) is 3.34. The third-order valence-electron chi connectivity index (χ3n) is 4.84. The lowest BCUT2D eigenvalue weighted by atomic mass is 10.2. The Bertz CT molecular complexity index is 1360. The number of carbonyl (C=O) groups is 2. The van der Waals surface area contributed by atoms with Crippen LogP contribution in [0.15, 0.2) is 66.9 Å². The first-order valence-electron chi connectivity index (χ1n) is 10.2. The fourth-order valence-electron chi connectivity index (χ4n) is 3.34. The van der Waals surface area contributed by atoms with Crippen molar-refractivity contribution in [3.8, 4) is 17.2 Å². The second kappa shape index (κ2) is 9.35. The minimum absolute atomic E-state index is 0.313. The van der Waals surface area contributed by atoms with Crippen LogP contribution in [0.5, 0.6) is 11.5 Å². The predicted molar refractivity (Wildman–Crippen MR) is 126 cm³/mol. The zero-order valence-corrected chi connectivity index (χ0v) is 18.4. The Balaban J connectivity index is 1.51. The van der Waals surface area contributed by atoms with Gasteiger partial charge in [-0.15, -0.1) is 0 Å². The minimum Gasteiger partial charge on any atom is -0.493 e. The van der Waals surface area contributed by atoms with Crippen molar-refractivity contribution in [2.24, 2.45) is 0 Å². The standard InChI is InChI=1S/C25H22N4O4/c1-16-21-14-19(15-26-25(21)29(28-16)20-7-5-4-6-8-20)27-24(31)12-10-18-9-11-22(33-17(2)30)23(13-18)32-3/h4-15H,1-3H3,(H,27,31)/b12-10+. The molecule has 166 valence electrons. The van der Waals surface area contributed by atoms with Gasteiger partial charge in [-0.25, -0.2) is 9.67 Å². The Kier molecular flexibility index (Phi) is 6.17.